The topological polar surface area (TPSA) is 21.3 Å². The van der Waals surface area contributed by atoms with E-state index in [9.17, 15) is 4.39 Å². The van der Waals surface area contributed by atoms with E-state index >= 15 is 0 Å². The number of aryl methyl sites for hydroxylation is 1. The fraction of sp³-hybridized carbons (Fsp3) is 0.200. The molecule has 0 amide bonds. The average molecular weight is 280 g/mol. The maximum absolute atomic E-state index is 13.4. The summed E-state index contributed by atoms with van der Waals surface area (Å²) >= 11 is 6.14. The highest BCUT2D eigenvalue weighted by Crippen LogP contribution is 2.27. The first-order valence-corrected chi connectivity index (χ1v) is 6.35. The molecule has 0 aliphatic rings. The van der Waals surface area contributed by atoms with Gasteiger partial charge in [0.1, 0.15) is 17.3 Å². The van der Waals surface area contributed by atoms with Crippen LogP contribution in [0.3, 0.4) is 0 Å². The molecule has 1 N–H and O–H groups in total. The van der Waals surface area contributed by atoms with Gasteiger partial charge < -0.3 is 10.1 Å². The Balaban J connectivity index is 2.19. The number of hydrogen-bond donors (Lipinski definition) is 1. The molecule has 19 heavy (non-hydrogen) atoms. The third-order valence-electron chi connectivity index (χ3n) is 2.77. The van der Waals surface area contributed by atoms with E-state index in [1.54, 1.807) is 25.1 Å². The zero-order valence-electron chi connectivity index (χ0n) is 10.8. The minimum absolute atomic E-state index is 0.282. The maximum atomic E-state index is 13.4. The van der Waals surface area contributed by atoms with Gasteiger partial charge >= 0.3 is 0 Å². The molecular weight excluding hydrogens is 265 g/mol. The van der Waals surface area contributed by atoms with Crippen molar-refractivity contribution in [3.63, 3.8) is 0 Å². The molecule has 0 bridgehead atoms. The van der Waals surface area contributed by atoms with Gasteiger partial charge in [0.2, 0.25) is 0 Å². The number of benzene rings is 2. The van der Waals surface area contributed by atoms with Gasteiger partial charge in [-0.2, -0.15) is 0 Å². The maximum Gasteiger partial charge on any atom is 0.130 e. The van der Waals surface area contributed by atoms with Crippen LogP contribution in [0.15, 0.2) is 36.4 Å². The molecule has 4 heteroatoms. The predicted octanol–water partition coefficient (Wildman–Crippen LogP) is 4.30. The number of nitrogens with one attached hydrogen (secondary N) is 1. The van der Waals surface area contributed by atoms with Gasteiger partial charge in [0.25, 0.3) is 0 Å². The lowest BCUT2D eigenvalue weighted by Crippen LogP contribution is -2.05. The summed E-state index contributed by atoms with van der Waals surface area (Å²) in [6, 6.07) is 10.2. The van der Waals surface area contributed by atoms with Crippen LogP contribution in [0.2, 0.25) is 5.02 Å². The van der Waals surface area contributed by atoms with E-state index in [-0.39, 0.29) is 5.82 Å². The van der Waals surface area contributed by atoms with E-state index in [2.05, 4.69) is 5.32 Å². The van der Waals surface area contributed by atoms with Crippen LogP contribution in [-0.2, 0) is 6.54 Å². The highest BCUT2D eigenvalue weighted by molar-refractivity contribution is 6.31. The van der Waals surface area contributed by atoms with Gasteiger partial charge in [-0.15, -0.1) is 0 Å². The standard InChI is InChI=1S/C15H15ClFNO/c1-10-3-5-13(8-15(10)17)19-12-6-4-11(9-18-2)14(16)7-12/h3-8,18H,9H2,1-2H3. The second-order valence-corrected chi connectivity index (χ2v) is 4.70. The van der Waals surface area contributed by atoms with Gasteiger partial charge in [0, 0.05) is 17.6 Å². The zero-order chi connectivity index (χ0) is 13.8. The first-order valence-electron chi connectivity index (χ1n) is 5.97. The van der Waals surface area contributed by atoms with E-state index in [0.29, 0.717) is 28.6 Å². The van der Waals surface area contributed by atoms with Crippen LogP contribution >= 0.6 is 11.6 Å². The van der Waals surface area contributed by atoms with Crippen molar-refractivity contribution in [2.45, 2.75) is 13.5 Å². The Kier molecular flexibility index (Phi) is 4.40. The average Bonchev–Trinajstić information content (AvgIpc) is 2.37. The summed E-state index contributed by atoms with van der Waals surface area (Å²) in [5, 5.41) is 3.66. The van der Waals surface area contributed by atoms with E-state index in [1.807, 2.05) is 19.2 Å². The predicted molar refractivity (Wildman–Crippen MR) is 75.4 cm³/mol. The Morgan fingerprint density at radius 1 is 1.16 bits per heavy atom. The van der Waals surface area contributed by atoms with Gasteiger partial charge in [-0.1, -0.05) is 23.7 Å². The molecule has 0 atom stereocenters. The fourth-order valence-corrected chi connectivity index (χ4v) is 1.94. The van der Waals surface area contributed by atoms with Crippen LogP contribution < -0.4 is 10.1 Å². The molecule has 2 nitrogen and oxygen atoms in total. The molecule has 100 valence electrons. The number of ether oxygens (including phenoxy) is 1. The van der Waals surface area contributed by atoms with E-state index < -0.39 is 0 Å². The Morgan fingerprint density at radius 3 is 2.47 bits per heavy atom. The summed E-state index contributed by atoms with van der Waals surface area (Å²) in [7, 11) is 1.86. The molecule has 0 aliphatic heterocycles. The number of halogens is 2. The largest absolute Gasteiger partial charge is 0.457 e. The second-order valence-electron chi connectivity index (χ2n) is 4.30. The normalized spacial score (nSPS) is 10.5. The van der Waals surface area contributed by atoms with Crippen molar-refractivity contribution in [1.29, 1.82) is 0 Å². The van der Waals surface area contributed by atoms with Crippen LogP contribution in [-0.4, -0.2) is 7.05 Å². The van der Waals surface area contributed by atoms with Crippen molar-refractivity contribution in [3.05, 3.63) is 58.4 Å². The summed E-state index contributed by atoms with van der Waals surface area (Å²) < 4.78 is 19.0. The molecule has 2 aromatic carbocycles. The van der Waals surface area contributed by atoms with Crippen LogP contribution in [0.5, 0.6) is 11.5 Å². The molecule has 0 radical (unpaired) electrons. The Morgan fingerprint density at radius 2 is 1.84 bits per heavy atom. The van der Waals surface area contributed by atoms with Gasteiger partial charge in [-0.25, -0.2) is 4.39 Å². The van der Waals surface area contributed by atoms with Gasteiger partial charge in [-0.05, 0) is 43.3 Å². The molecule has 0 aliphatic carbocycles. The minimum Gasteiger partial charge on any atom is -0.457 e. The first-order chi connectivity index (χ1) is 9.10. The van der Waals surface area contributed by atoms with Crippen LogP contribution in [0, 0.1) is 12.7 Å². The molecule has 2 aromatic rings. The van der Waals surface area contributed by atoms with Crippen molar-refractivity contribution in [3.8, 4) is 11.5 Å². The minimum atomic E-state index is -0.282. The van der Waals surface area contributed by atoms with Crippen molar-refractivity contribution in [2.75, 3.05) is 7.05 Å². The highest BCUT2D eigenvalue weighted by Gasteiger charge is 2.05. The summed E-state index contributed by atoms with van der Waals surface area (Å²) in [4.78, 5) is 0. The lowest BCUT2D eigenvalue weighted by molar-refractivity contribution is 0.476. The molecule has 0 heterocycles. The molecule has 0 unspecified atom stereocenters. The smallest absolute Gasteiger partial charge is 0.130 e. The first kappa shape index (κ1) is 13.8. The molecule has 0 saturated heterocycles. The van der Waals surface area contributed by atoms with Crippen LogP contribution in [0.1, 0.15) is 11.1 Å². The third kappa shape index (κ3) is 3.46. The number of rotatable bonds is 4. The summed E-state index contributed by atoms with van der Waals surface area (Å²) in [5.74, 6) is 0.768. The molecule has 0 saturated carbocycles. The van der Waals surface area contributed by atoms with E-state index in [1.165, 1.54) is 6.07 Å². The van der Waals surface area contributed by atoms with Gasteiger partial charge in [0.05, 0.1) is 0 Å². The quantitative estimate of drug-likeness (QED) is 0.901. The van der Waals surface area contributed by atoms with Gasteiger partial charge in [-0.3, -0.25) is 0 Å². The molecule has 0 spiro atoms. The van der Waals surface area contributed by atoms with Crippen LogP contribution in [0.25, 0.3) is 0 Å². The lowest BCUT2D eigenvalue weighted by Gasteiger charge is -2.09. The summed E-state index contributed by atoms with van der Waals surface area (Å²) in [6.07, 6.45) is 0. The Labute approximate surface area is 117 Å². The number of hydrogen-bond acceptors (Lipinski definition) is 2. The van der Waals surface area contributed by atoms with E-state index in [0.717, 1.165) is 5.56 Å². The van der Waals surface area contributed by atoms with Crippen molar-refractivity contribution in [2.24, 2.45) is 0 Å². The van der Waals surface area contributed by atoms with Gasteiger partial charge in [0.15, 0.2) is 0 Å². The molecular formula is C15H15ClFNO. The molecule has 0 aromatic heterocycles. The zero-order valence-corrected chi connectivity index (χ0v) is 11.6. The molecule has 0 fully saturated rings. The monoisotopic (exact) mass is 279 g/mol. The van der Waals surface area contributed by atoms with Crippen molar-refractivity contribution in [1.82, 2.24) is 5.32 Å². The van der Waals surface area contributed by atoms with Crippen LogP contribution in [0.4, 0.5) is 4.39 Å². The SMILES string of the molecule is CNCc1ccc(Oc2ccc(C)c(F)c2)cc1Cl. The third-order valence-corrected chi connectivity index (χ3v) is 3.12. The fourth-order valence-electron chi connectivity index (χ4n) is 1.70. The Hall–Kier alpha value is -1.58. The lowest BCUT2D eigenvalue weighted by atomic mass is 10.2. The van der Waals surface area contributed by atoms with Crippen molar-refractivity contribution >= 4 is 11.6 Å². The van der Waals surface area contributed by atoms with Crippen molar-refractivity contribution < 1.29 is 9.13 Å². The highest BCUT2D eigenvalue weighted by atomic mass is 35.5. The molecule has 2 rings (SSSR count). The second kappa shape index (κ2) is 6.04. The Bertz CT molecular complexity index is 586. The summed E-state index contributed by atoms with van der Waals surface area (Å²) in [5.41, 5.74) is 1.58. The van der Waals surface area contributed by atoms with E-state index in [4.69, 9.17) is 16.3 Å². The summed E-state index contributed by atoms with van der Waals surface area (Å²) in [6.45, 7) is 2.40.